The molecule has 0 aliphatic carbocycles. The SMILES string of the molecule is CNc1nc(N2CCCC2)nc(N2CCCN(C)CC2)n1. The molecule has 1 aromatic heterocycles. The predicted molar refractivity (Wildman–Crippen MR) is 85.1 cm³/mol. The number of nitrogens with zero attached hydrogens (tertiary/aromatic N) is 6. The Labute approximate surface area is 126 Å². The van der Waals surface area contributed by atoms with E-state index in [0.717, 1.165) is 57.6 Å². The lowest BCUT2D eigenvalue weighted by Gasteiger charge is -2.23. The summed E-state index contributed by atoms with van der Waals surface area (Å²) in [6.45, 7) is 6.28. The molecular formula is C14H25N7. The number of aromatic nitrogens is 3. The van der Waals surface area contributed by atoms with Gasteiger partial charge in [-0.25, -0.2) is 0 Å². The summed E-state index contributed by atoms with van der Waals surface area (Å²) in [5.41, 5.74) is 0. The molecule has 0 aromatic carbocycles. The predicted octanol–water partition coefficient (Wildman–Crippen LogP) is 0.655. The van der Waals surface area contributed by atoms with Gasteiger partial charge in [0.2, 0.25) is 17.8 Å². The Morgan fingerprint density at radius 1 is 0.762 bits per heavy atom. The van der Waals surface area contributed by atoms with E-state index in [1.807, 2.05) is 7.05 Å². The minimum atomic E-state index is 0.666. The van der Waals surface area contributed by atoms with Gasteiger partial charge in [0, 0.05) is 39.8 Å². The Morgan fingerprint density at radius 3 is 2.05 bits per heavy atom. The van der Waals surface area contributed by atoms with Crippen LogP contribution >= 0.6 is 0 Å². The van der Waals surface area contributed by atoms with Crippen molar-refractivity contribution in [2.24, 2.45) is 0 Å². The van der Waals surface area contributed by atoms with Crippen molar-refractivity contribution in [3.63, 3.8) is 0 Å². The van der Waals surface area contributed by atoms with Crippen LogP contribution in [0.5, 0.6) is 0 Å². The van der Waals surface area contributed by atoms with Crippen molar-refractivity contribution in [3.8, 4) is 0 Å². The first-order chi connectivity index (χ1) is 10.3. The van der Waals surface area contributed by atoms with Crippen molar-refractivity contribution in [1.29, 1.82) is 0 Å². The quantitative estimate of drug-likeness (QED) is 0.877. The molecule has 0 saturated carbocycles. The van der Waals surface area contributed by atoms with Crippen molar-refractivity contribution in [3.05, 3.63) is 0 Å². The van der Waals surface area contributed by atoms with E-state index in [1.165, 1.54) is 12.8 Å². The first-order valence-electron chi connectivity index (χ1n) is 7.88. The molecule has 1 aromatic rings. The molecule has 2 saturated heterocycles. The number of hydrogen-bond donors (Lipinski definition) is 1. The zero-order valence-electron chi connectivity index (χ0n) is 13.0. The summed E-state index contributed by atoms with van der Waals surface area (Å²) in [4.78, 5) is 20.7. The van der Waals surface area contributed by atoms with Crippen molar-refractivity contribution in [1.82, 2.24) is 19.9 Å². The van der Waals surface area contributed by atoms with E-state index in [1.54, 1.807) is 0 Å². The van der Waals surface area contributed by atoms with Crippen LogP contribution in [0.2, 0.25) is 0 Å². The number of rotatable bonds is 3. The van der Waals surface area contributed by atoms with Crippen molar-refractivity contribution >= 4 is 17.8 Å². The minimum absolute atomic E-state index is 0.666. The molecule has 2 aliphatic rings. The van der Waals surface area contributed by atoms with Gasteiger partial charge in [-0.05, 0) is 32.9 Å². The molecule has 3 rings (SSSR count). The first kappa shape index (κ1) is 14.3. The van der Waals surface area contributed by atoms with Gasteiger partial charge in [-0.1, -0.05) is 0 Å². The lowest BCUT2D eigenvalue weighted by molar-refractivity contribution is 0.360. The van der Waals surface area contributed by atoms with Crippen molar-refractivity contribution in [2.45, 2.75) is 19.3 Å². The summed E-state index contributed by atoms with van der Waals surface area (Å²) in [6, 6.07) is 0. The Kier molecular flexibility index (Phi) is 4.38. The minimum Gasteiger partial charge on any atom is -0.357 e. The summed E-state index contributed by atoms with van der Waals surface area (Å²) in [5, 5.41) is 3.07. The van der Waals surface area contributed by atoms with Crippen LogP contribution in [0, 0.1) is 0 Å². The molecule has 0 radical (unpaired) electrons. The standard InChI is InChI=1S/C14H25N7/c1-15-12-16-13(20-7-3-4-8-20)18-14(17-12)21-9-5-6-19(2)10-11-21/h3-11H2,1-2H3,(H,15,16,17,18). The van der Waals surface area contributed by atoms with E-state index < -0.39 is 0 Å². The van der Waals surface area contributed by atoms with Gasteiger partial charge in [-0.2, -0.15) is 15.0 Å². The summed E-state index contributed by atoms with van der Waals surface area (Å²) in [6.07, 6.45) is 3.60. The third-order valence-electron chi connectivity index (χ3n) is 4.23. The molecule has 0 bridgehead atoms. The molecule has 0 unspecified atom stereocenters. The summed E-state index contributed by atoms with van der Waals surface area (Å²) in [5.74, 6) is 2.30. The fourth-order valence-electron chi connectivity index (χ4n) is 2.91. The molecule has 7 heteroatoms. The van der Waals surface area contributed by atoms with Crippen LogP contribution in [-0.4, -0.2) is 73.2 Å². The van der Waals surface area contributed by atoms with Gasteiger partial charge >= 0.3 is 0 Å². The maximum Gasteiger partial charge on any atom is 0.232 e. The fourth-order valence-corrected chi connectivity index (χ4v) is 2.91. The van der Waals surface area contributed by atoms with Gasteiger partial charge in [0.1, 0.15) is 0 Å². The van der Waals surface area contributed by atoms with E-state index in [-0.39, 0.29) is 0 Å². The van der Waals surface area contributed by atoms with Crippen LogP contribution in [0.4, 0.5) is 17.8 Å². The topological polar surface area (TPSA) is 60.4 Å². The van der Waals surface area contributed by atoms with Gasteiger partial charge in [-0.3, -0.25) is 0 Å². The number of anilines is 3. The van der Waals surface area contributed by atoms with E-state index in [2.05, 4.69) is 37.0 Å². The van der Waals surface area contributed by atoms with Gasteiger partial charge < -0.3 is 20.0 Å². The highest BCUT2D eigenvalue weighted by atomic mass is 15.4. The van der Waals surface area contributed by atoms with E-state index >= 15 is 0 Å². The van der Waals surface area contributed by atoms with Gasteiger partial charge in [0.15, 0.2) is 0 Å². The van der Waals surface area contributed by atoms with Crippen molar-refractivity contribution < 1.29 is 0 Å². The second-order valence-corrected chi connectivity index (χ2v) is 5.85. The molecule has 21 heavy (non-hydrogen) atoms. The molecule has 3 heterocycles. The Hall–Kier alpha value is -1.63. The second kappa shape index (κ2) is 6.43. The molecular weight excluding hydrogens is 266 g/mol. The number of hydrogen-bond acceptors (Lipinski definition) is 7. The molecule has 2 fully saturated rings. The fraction of sp³-hybridized carbons (Fsp3) is 0.786. The zero-order chi connectivity index (χ0) is 14.7. The summed E-state index contributed by atoms with van der Waals surface area (Å²) in [7, 11) is 4.04. The first-order valence-corrected chi connectivity index (χ1v) is 7.88. The maximum atomic E-state index is 4.72. The Morgan fingerprint density at radius 2 is 1.38 bits per heavy atom. The zero-order valence-corrected chi connectivity index (χ0v) is 13.0. The van der Waals surface area contributed by atoms with Gasteiger partial charge in [-0.15, -0.1) is 0 Å². The number of likely N-dealkylation sites (N-methyl/N-ethyl adjacent to an activating group) is 1. The Balaban J connectivity index is 1.84. The smallest absolute Gasteiger partial charge is 0.232 e. The lowest BCUT2D eigenvalue weighted by Crippen LogP contribution is -2.31. The third-order valence-corrected chi connectivity index (χ3v) is 4.23. The van der Waals surface area contributed by atoms with Crippen LogP contribution in [-0.2, 0) is 0 Å². The third kappa shape index (κ3) is 3.34. The highest BCUT2D eigenvalue weighted by Crippen LogP contribution is 2.20. The Bertz CT molecular complexity index is 472. The number of nitrogens with one attached hydrogen (secondary N) is 1. The molecule has 0 atom stereocenters. The summed E-state index contributed by atoms with van der Waals surface area (Å²) < 4.78 is 0. The molecule has 2 aliphatic heterocycles. The second-order valence-electron chi connectivity index (χ2n) is 5.85. The van der Waals surface area contributed by atoms with Crippen LogP contribution < -0.4 is 15.1 Å². The van der Waals surface area contributed by atoms with E-state index in [0.29, 0.717) is 5.95 Å². The molecule has 0 spiro atoms. The molecule has 116 valence electrons. The van der Waals surface area contributed by atoms with Gasteiger partial charge in [0.25, 0.3) is 0 Å². The molecule has 0 amide bonds. The maximum absolute atomic E-state index is 4.72. The van der Waals surface area contributed by atoms with Crippen LogP contribution in [0.1, 0.15) is 19.3 Å². The van der Waals surface area contributed by atoms with Crippen LogP contribution in [0.3, 0.4) is 0 Å². The average Bonchev–Trinajstić information content (AvgIpc) is 2.96. The summed E-state index contributed by atoms with van der Waals surface area (Å²) >= 11 is 0. The molecule has 1 N–H and O–H groups in total. The monoisotopic (exact) mass is 291 g/mol. The average molecular weight is 291 g/mol. The van der Waals surface area contributed by atoms with E-state index in [4.69, 9.17) is 4.98 Å². The van der Waals surface area contributed by atoms with Crippen LogP contribution in [0.25, 0.3) is 0 Å². The van der Waals surface area contributed by atoms with Gasteiger partial charge in [0.05, 0.1) is 0 Å². The largest absolute Gasteiger partial charge is 0.357 e. The van der Waals surface area contributed by atoms with Crippen LogP contribution in [0.15, 0.2) is 0 Å². The molecule has 7 nitrogen and oxygen atoms in total. The highest BCUT2D eigenvalue weighted by Gasteiger charge is 2.20. The van der Waals surface area contributed by atoms with Crippen molar-refractivity contribution in [2.75, 3.05) is 68.5 Å². The highest BCUT2D eigenvalue weighted by molar-refractivity contribution is 5.45. The normalized spacial score (nSPS) is 20.7. The van der Waals surface area contributed by atoms with E-state index in [9.17, 15) is 0 Å². The lowest BCUT2D eigenvalue weighted by atomic mass is 10.4.